The second-order valence-corrected chi connectivity index (χ2v) is 7.49. The van der Waals surface area contributed by atoms with Crippen molar-refractivity contribution in [2.75, 3.05) is 13.2 Å². The molecule has 2 heterocycles. The summed E-state index contributed by atoms with van der Waals surface area (Å²) >= 11 is 0. The Hall–Kier alpha value is -3.06. The Labute approximate surface area is 174 Å². The van der Waals surface area contributed by atoms with Gasteiger partial charge < -0.3 is 4.74 Å². The molecule has 156 valence electrons. The van der Waals surface area contributed by atoms with Gasteiger partial charge in [-0.25, -0.2) is 9.18 Å². The number of amides is 2. The lowest BCUT2D eigenvalue weighted by atomic mass is 9.75. The van der Waals surface area contributed by atoms with Crippen LogP contribution in [0.15, 0.2) is 54.6 Å². The summed E-state index contributed by atoms with van der Waals surface area (Å²) in [4.78, 5) is 41.1. The summed E-state index contributed by atoms with van der Waals surface area (Å²) in [6, 6.07) is 14.0. The Morgan fingerprint density at radius 1 is 1.07 bits per heavy atom. The number of nitrogens with zero attached hydrogens (tertiary/aromatic N) is 1. The van der Waals surface area contributed by atoms with Crippen LogP contribution in [0.3, 0.4) is 0 Å². The molecule has 2 aliphatic rings. The molecule has 2 saturated heterocycles. The summed E-state index contributed by atoms with van der Waals surface area (Å²) < 4.78 is 18.9. The first-order chi connectivity index (χ1) is 14.5. The van der Waals surface area contributed by atoms with Crippen molar-refractivity contribution in [2.24, 2.45) is 11.8 Å². The number of carbonyl (C=O) groups is 3. The fraction of sp³-hybridized carbons (Fsp3) is 0.348. The summed E-state index contributed by atoms with van der Waals surface area (Å²) in [7, 11) is 0. The number of halogens is 1. The first-order valence-electron chi connectivity index (χ1n) is 10.1. The van der Waals surface area contributed by atoms with Crippen LogP contribution in [0.1, 0.15) is 31.0 Å². The van der Waals surface area contributed by atoms with Crippen LogP contribution in [0.4, 0.5) is 4.39 Å². The van der Waals surface area contributed by atoms with E-state index in [4.69, 9.17) is 4.74 Å². The molecule has 2 fully saturated rings. The summed E-state index contributed by atoms with van der Waals surface area (Å²) in [5, 5.41) is 3.28. The zero-order chi connectivity index (χ0) is 21.5. The highest BCUT2D eigenvalue weighted by molar-refractivity contribution is 6.09. The summed E-state index contributed by atoms with van der Waals surface area (Å²) in [6.45, 7) is 3.77. The van der Waals surface area contributed by atoms with E-state index in [1.54, 1.807) is 50.2 Å². The van der Waals surface area contributed by atoms with E-state index in [9.17, 15) is 18.8 Å². The van der Waals surface area contributed by atoms with Gasteiger partial charge in [0, 0.05) is 12.6 Å². The molecule has 0 aromatic heterocycles. The minimum atomic E-state index is -1.52. The maximum absolute atomic E-state index is 13.5. The second kappa shape index (κ2) is 7.65. The van der Waals surface area contributed by atoms with Gasteiger partial charge in [0.05, 0.1) is 18.4 Å². The van der Waals surface area contributed by atoms with Crippen molar-refractivity contribution in [2.45, 2.75) is 25.4 Å². The zero-order valence-corrected chi connectivity index (χ0v) is 16.8. The van der Waals surface area contributed by atoms with Gasteiger partial charge in [-0.1, -0.05) is 42.5 Å². The quantitative estimate of drug-likeness (QED) is 0.606. The molecule has 2 aliphatic heterocycles. The number of hydrogen-bond donors (Lipinski definition) is 1. The van der Waals surface area contributed by atoms with Gasteiger partial charge in [-0.3, -0.25) is 19.8 Å². The van der Waals surface area contributed by atoms with Gasteiger partial charge in [0.25, 0.3) is 0 Å². The average molecular weight is 410 g/mol. The number of fused-ring (bicyclic) bond motifs is 1. The van der Waals surface area contributed by atoms with E-state index in [1.165, 1.54) is 17.0 Å². The highest BCUT2D eigenvalue weighted by atomic mass is 19.1. The SMILES string of the molecule is CCOC(=O)[C@]1(c2ccccc2)N[C@@H](c2ccc(F)cc2)[C@H]2C(=O)N(CC)C(=O)[C@H]21. The lowest BCUT2D eigenvalue weighted by Gasteiger charge is -2.33. The number of benzene rings is 2. The summed E-state index contributed by atoms with van der Waals surface area (Å²) in [6.07, 6.45) is 0. The standard InChI is InChI=1S/C23H23FN2O4/c1-3-26-20(27)17-18(21(26)28)23(22(29)30-4-2,15-8-6-5-7-9-15)25-19(17)14-10-12-16(24)13-11-14/h5-13,17-19,25H,3-4H2,1-2H3/t17-,18-,19-,23+/m0/s1. The molecule has 0 unspecified atom stereocenters. The Morgan fingerprint density at radius 3 is 2.33 bits per heavy atom. The van der Waals surface area contributed by atoms with Crippen LogP contribution in [-0.2, 0) is 24.7 Å². The molecule has 30 heavy (non-hydrogen) atoms. The molecule has 6 nitrogen and oxygen atoms in total. The van der Waals surface area contributed by atoms with Crippen LogP contribution >= 0.6 is 0 Å². The predicted octanol–water partition coefficient (Wildman–Crippen LogP) is 2.55. The summed E-state index contributed by atoms with van der Waals surface area (Å²) in [5.74, 6) is -3.50. The Kier molecular flexibility index (Phi) is 5.15. The van der Waals surface area contributed by atoms with Crippen molar-refractivity contribution >= 4 is 17.8 Å². The van der Waals surface area contributed by atoms with Crippen molar-refractivity contribution in [1.82, 2.24) is 10.2 Å². The number of likely N-dealkylation sites (tertiary alicyclic amines) is 1. The second-order valence-electron chi connectivity index (χ2n) is 7.49. The molecule has 1 N–H and O–H groups in total. The van der Waals surface area contributed by atoms with Crippen molar-refractivity contribution < 1.29 is 23.5 Å². The molecular formula is C23H23FN2O4. The summed E-state index contributed by atoms with van der Waals surface area (Å²) in [5.41, 5.74) is -0.327. The fourth-order valence-electron chi connectivity index (χ4n) is 4.75. The van der Waals surface area contributed by atoms with E-state index in [-0.39, 0.29) is 19.1 Å². The third-order valence-corrected chi connectivity index (χ3v) is 6.02. The van der Waals surface area contributed by atoms with E-state index >= 15 is 0 Å². The number of rotatable bonds is 5. The largest absolute Gasteiger partial charge is 0.464 e. The molecule has 4 rings (SSSR count). The predicted molar refractivity (Wildman–Crippen MR) is 106 cm³/mol. The van der Waals surface area contributed by atoms with Crippen LogP contribution in [0.5, 0.6) is 0 Å². The van der Waals surface area contributed by atoms with Gasteiger partial charge in [0.1, 0.15) is 5.82 Å². The van der Waals surface area contributed by atoms with Crippen LogP contribution < -0.4 is 5.32 Å². The third-order valence-electron chi connectivity index (χ3n) is 6.02. The van der Waals surface area contributed by atoms with Crippen LogP contribution in [0.2, 0.25) is 0 Å². The first kappa shape index (κ1) is 20.2. The highest BCUT2D eigenvalue weighted by Crippen LogP contribution is 2.53. The normalized spacial score (nSPS) is 28.0. The maximum atomic E-state index is 13.5. The lowest BCUT2D eigenvalue weighted by molar-refractivity contribution is -0.157. The third kappa shape index (κ3) is 2.84. The number of nitrogens with one attached hydrogen (secondary N) is 1. The molecule has 0 spiro atoms. The van der Waals surface area contributed by atoms with Crippen LogP contribution in [-0.4, -0.2) is 35.8 Å². The minimum Gasteiger partial charge on any atom is -0.464 e. The fourth-order valence-corrected chi connectivity index (χ4v) is 4.75. The Bertz CT molecular complexity index is 978. The van der Waals surface area contributed by atoms with Gasteiger partial charge in [0.2, 0.25) is 11.8 Å². The van der Waals surface area contributed by atoms with Gasteiger partial charge >= 0.3 is 5.97 Å². The van der Waals surface area contributed by atoms with Crippen LogP contribution in [0.25, 0.3) is 0 Å². The van der Waals surface area contributed by atoms with Crippen LogP contribution in [0, 0.1) is 17.7 Å². The van der Waals surface area contributed by atoms with E-state index in [0.717, 1.165) is 0 Å². The van der Waals surface area contributed by atoms with Gasteiger partial charge in [0.15, 0.2) is 5.54 Å². The van der Waals surface area contributed by atoms with Crippen molar-refractivity contribution in [3.63, 3.8) is 0 Å². The minimum absolute atomic E-state index is 0.132. The molecule has 0 aliphatic carbocycles. The first-order valence-corrected chi connectivity index (χ1v) is 10.1. The number of hydrogen-bond acceptors (Lipinski definition) is 5. The smallest absolute Gasteiger partial charge is 0.331 e. The zero-order valence-electron chi connectivity index (χ0n) is 16.8. The monoisotopic (exact) mass is 410 g/mol. The van der Waals surface area contributed by atoms with Crippen molar-refractivity contribution in [3.05, 3.63) is 71.5 Å². The molecule has 0 radical (unpaired) electrons. The number of ether oxygens (including phenoxy) is 1. The molecule has 2 aromatic rings. The van der Waals surface area contributed by atoms with Crippen molar-refractivity contribution in [3.8, 4) is 0 Å². The number of imide groups is 1. The molecule has 2 amide bonds. The molecule has 0 saturated carbocycles. The Balaban J connectivity index is 1.93. The maximum Gasteiger partial charge on any atom is 0.331 e. The van der Waals surface area contributed by atoms with Gasteiger partial charge in [-0.2, -0.15) is 0 Å². The molecule has 4 atom stereocenters. The highest BCUT2D eigenvalue weighted by Gasteiger charge is 2.69. The average Bonchev–Trinajstić information content (AvgIpc) is 3.24. The van der Waals surface area contributed by atoms with Gasteiger partial charge in [-0.15, -0.1) is 0 Å². The lowest BCUT2D eigenvalue weighted by Crippen LogP contribution is -2.53. The van der Waals surface area contributed by atoms with E-state index in [0.29, 0.717) is 11.1 Å². The van der Waals surface area contributed by atoms with E-state index in [1.807, 2.05) is 6.07 Å². The van der Waals surface area contributed by atoms with Crippen molar-refractivity contribution in [1.29, 1.82) is 0 Å². The molecular weight excluding hydrogens is 387 g/mol. The number of esters is 1. The number of carbonyl (C=O) groups excluding carboxylic acids is 3. The topological polar surface area (TPSA) is 75.7 Å². The molecule has 0 bridgehead atoms. The van der Waals surface area contributed by atoms with Gasteiger partial charge in [-0.05, 0) is 37.1 Å². The Morgan fingerprint density at radius 2 is 1.73 bits per heavy atom. The van der Waals surface area contributed by atoms with E-state index < -0.39 is 41.1 Å². The van der Waals surface area contributed by atoms with E-state index in [2.05, 4.69) is 5.32 Å². The molecule has 2 aromatic carbocycles. The molecule has 7 heteroatoms.